The molecule has 4 rings (SSSR count). The number of phenolic OH excluding ortho intramolecular Hbond substituents is 1. The monoisotopic (exact) mass is 275 g/mol. The third-order valence-corrected chi connectivity index (χ3v) is 4.31. The summed E-state index contributed by atoms with van der Waals surface area (Å²) in [5.74, 6) is 0.339. The number of nitrogens with one attached hydrogen (secondary N) is 1. The third kappa shape index (κ3) is 2.13. The highest BCUT2D eigenvalue weighted by Gasteiger charge is 2.21. The lowest BCUT2D eigenvalue weighted by Gasteiger charge is -2.16. The summed E-state index contributed by atoms with van der Waals surface area (Å²) in [5.41, 5.74) is 3.98. The van der Waals surface area contributed by atoms with Crippen LogP contribution in [-0.2, 0) is 12.8 Å². The van der Waals surface area contributed by atoms with Gasteiger partial charge in [-0.05, 0) is 36.1 Å². The van der Waals surface area contributed by atoms with Crippen LogP contribution in [0.5, 0.6) is 5.75 Å². The van der Waals surface area contributed by atoms with E-state index in [1.807, 2.05) is 18.2 Å². The van der Waals surface area contributed by atoms with Crippen molar-refractivity contribution >= 4 is 16.5 Å². The normalized spacial score (nSPS) is 14.3. The number of fused-ring (bicyclic) bond motifs is 2. The second-order valence-electron chi connectivity index (χ2n) is 5.70. The van der Waals surface area contributed by atoms with E-state index < -0.39 is 0 Å². The van der Waals surface area contributed by atoms with Gasteiger partial charge in [0.25, 0.3) is 0 Å². The number of phenols is 1. The highest BCUT2D eigenvalue weighted by atomic mass is 16.3. The molecule has 3 aromatic carbocycles. The summed E-state index contributed by atoms with van der Waals surface area (Å²) >= 11 is 0. The number of anilines is 1. The largest absolute Gasteiger partial charge is 0.507 e. The molecule has 0 fully saturated rings. The molecule has 1 aliphatic carbocycles. The van der Waals surface area contributed by atoms with Crippen LogP contribution < -0.4 is 5.32 Å². The van der Waals surface area contributed by atoms with Gasteiger partial charge in [0, 0.05) is 22.5 Å². The van der Waals surface area contributed by atoms with E-state index in [2.05, 4.69) is 41.7 Å². The Bertz CT molecular complexity index is 785. The van der Waals surface area contributed by atoms with Crippen LogP contribution >= 0.6 is 0 Å². The topological polar surface area (TPSA) is 32.3 Å². The first-order valence-electron chi connectivity index (χ1n) is 7.35. The number of aromatic hydroxyl groups is 1. The SMILES string of the molecule is Oc1cccc2c(NC3Cc4ccccc4C3)cccc12. The van der Waals surface area contributed by atoms with E-state index >= 15 is 0 Å². The van der Waals surface area contributed by atoms with Gasteiger partial charge in [0.2, 0.25) is 0 Å². The first kappa shape index (κ1) is 12.3. The van der Waals surface area contributed by atoms with Crippen molar-refractivity contribution in [3.8, 4) is 5.75 Å². The zero-order chi connectivity index (χ0) is 14.2. The molecular weight excluding hydrogens is 258 g/mol. The molecule has 0 heterocycles. The number of hydrogen-bond donors (Lipinski definition) is 2. The summed E-state index contributed by atoms with van der Waals surface area (Å²) in [6.07, 6.45) is 2.12. The molecule has 0 unspecified atom stereocenters. The van der Waals surface area contributed by atoms with Crippen molar-refractivity contribution in [3.63, 3.8) is 0 Å². The first-order valence-corrected chi connectivity index (χ1v) is 7.35. The molecule has 0 radical (unpaired) electrons. The lowest BCUT2D eigenvalue weighted by Crippen LogP contribution is -2.19. The molecule has 0 saturated carbocycles. The summed E-state index contributed by atoms with van der Waals surface area (Å²) in [5, 5.41) is 15.6. The Morgan fingerprint density at radius 2 is 1.43 bits per heavy atom. The van der Waals surface area contributed by atoms with Crippen molar-refractivity contribution in [3.05, 3.63) is 71.8 Å². The first-order chi connectivity index (χ1) is 10.3. The average Bonchev–Trinajstić information content (AvgIpc) is 2.90. The van der Waals surface area contributed by atoms with Crippen molar-refractivity contribution in [1.82, 2.24) is 0 Å². The van der Waals surface area contributed by atoms with Gasteiger partial charge in [-0.3, -0.25) is 0 Å². The maximum absolute atomic E-state index is 9.97. The second kappa shape index (κ2) is 4.81. The molecule has 2 nitrogen and oxygen atoms in total. The van der Waals surface area contributed by atoms with Gasteiger partial charge >= 0.3 is 0 Å². The molecule has 104 valence electrons. The maximum Gasteiger partial charge on any atom is 0.123 e. The van der Waals surface area contributed by atoms with Crippen molar-refractivity contribution < 1.29 is 5.11 Å². The van der Waals surface area contributed by atoms with E-state index in [0.717, 1.165) is 29.3 Å². The summed E-state index contributed by atoms with van der Waals surface area (Å²) in [6.45, 7) is 0. The molecule has 0 bridgehead atoms. The molecule has 0 aliphatic heterocycles. The van der Waals surface area contributed by atoms with Crippen LogP contribution in [0.1, 0.15) is 11.1 Å². The van der Waals surface area contributed by atoms with E-state index in [4.69, 9.17) is 0 Å². The van der Waals surface area contributed by atoms with Crippen LogP contribution in [0.25, 0.3) is 10.8 Å². The van der Waals surface area contributed by atoms with Gasteiger partial charge in [-0.15, -0.1) is 0 Å². The lowest BCUT2D eigenvalue weighted by molar-refractivity contribution is 0.481. The van der Waals surface area contributed by atoms with E-state index in [1.165, 1.54) is 11.1 Å². The quantitative estimate of drug-likeness (QED) is 0.737. The molecule has 1 aliphatic rings. The minimum absolute atomic E-state index is 0.339. The van der Waals surface area contributed by atoms with E-state index in [0.29, 0.717) is 11.8 Å². The second-order valence-corrected chi connectivity index (χ2v) is 5.70. The van der Waals surface area contributed by atoms with Gasteiger partial charge in [-0.2, -0.15) is 0 Å². The summed E-state index contributed by atoms with van der Waals surface area (Å²) in [6, 6.07) is 20.8. The van der Waals surface area contributed by atoms with Crippen LogP contribution in [-0.4, -0.2) is 11.1 Å². The van der Waals surface area contributed by atoms with Gasteiger partial charge in [-0.25, -0.2) is 0 Å². The Balaban J connectivity index is 1.66. The van der Waals surface area contributed by atoms with Crippen molar-refractivity contribution in [1.29, 1.82) is 0 Å². The van der Waals surface area contributed by atoms with E-state index in [-0.39, 0.29) is 0 Å². The highest BCUT2D eigenvalue weighted by Crippen LogP contribution is 2.32. The van der Waals surface area contributed by atoms with E-state index in [1.54, 1.807) is 6.07 Å². The standard InChI is InChI=1S/C19H17NO/c21-19-10-4-7-16-17(19)8-3-9-18(16)20-15-11-13-5-1-2-6-14(13)12-15/h1-10,15,20-21H,11-12H2. The molecule has 3 aromatic rings. The van der Waals surface area contributed by atoms with Crippen LogP contribution in [0.3, 0.4) is 0 Å². The smallest absolute Gasteiger partial charge is 0.123 e. The van der Waals surface area contributed by atoms with E-state index in [9.17, 15) is 5.11 Å². The Labute approximate surface area is 124 Å². The third-order valence-electron chi connectivity index (χ3n) is 4.31. The van der Waals surface area contributed by atoms with Crippen LogP contribution in [0, 0.1) is 0 Å². The summed E-state index contributed by atoms with van der Waals surface area (Å²) < 4.78 is 0. The fraction of sp³-hybridized carbons (Fsp3) is 0.158. The molecule has 0 amide bonds. The summed E-state index contributed by atoms with van der Waals surface area (Å²) in [4.78, 5) is 0. The predicted molar refractivity (Wildman–Crippen MR) is 86.9 cm³/mol. The van der Waals surface area contributed by atoms with Crippen LogP contribution in [0.4, 0.5) is 5.69 Å². The molecule has 0 spiro atoms. The minimum atomic E-state index is 0.339. The number of hydrogen-bond acceptors (Lipinski definition) is 2. The minimum Gasteiger partial charge on any atom is -0.507 e. The lowest BCUT2D eigenvalue weighted by atomic mass is 10.1. The Morgan fingerprint density at radius 1 is 0.762 bits per heavy atom. The number of benzene rings is 3. The molecule has 0 saturated heterocycles. The number of rotatable bonds is 2. The Morgan fingerprint density at radius 3 is 2.19 bits per heavy atom. The Hall–Kier alpha value is -2.48. The van der Waals surface area contributed by atoms with Gasteiger partial charge < -0.3 is 10.4 Å². The maximum atomic E-state index is 9.97. The van der Waals surface area contributed by atoms with Gasteiger partial charge in [-0.1, -0.05) is 48.5 Å². The van der Waals surface area contributed by atoms with Gasteiger partial charge in [0.05, 0.1) is 0 Å². The fourth-order valence-corrected chi connectivity index (χ4v) is 3.30. The Kier molecular flexibility index (Phi) is 2.81. The molecule has 0 atom stereocenters. The van der Waals surface area contributed by atoms with Crippen LogP contribution in [0.15, 0.2) is 60.7 Å². The zero-order valence-electron chi connectivity index (χ0n) is 11.7. The van der Waals surface area contributed by atoms with Crippen molar-refractivity contribution in [2.45, 2.75) is 18.9 Å². The fourth-order valence-electron chi connectivity index (χ4n) is 3.30. The average molecular weight is 275 g/mol. The molecule has 21 heavy (non-hydrogen) atoms. The molecular formula is C19H17NO. The predicted octanol–water partition coefficient (Wildman–Crippen LogP) is 4.12. The highest BCUT2D eigenvalue weighted by molar-refractivity contribution is 5.97. The molecule has 2 heteroatoms. The molecule has 0 aromatic heterocycles. The van der Waals surface area contributed by atoms with Crippen molar-refractivity contribution in [2.24, 2.45) is 0 Å². The van der Waals surface area contributed by atoms with Gasteiger partial charge in [0.1, 0.15) is 5.75 Å². The summed E-state index contributed by atoms with van der Waals surface area (Å²) in [7, 11) is 0. The van der Waals surface area contributed by atoms with Crippen LogP contribution in [0.2, 0.25) is 0 Å². The van der Waals surface area contributed by atoms with Gasteiger partial charge in [0.15, 0.2) is 0 Å². The molecule has 2 N–H and O–H groups in total. The van der Waals surface area contributed by atoms with Crippen molar-refractivity contribution in [2.75, 3.05) is 5.32 Å². The zero-order valence-corrected chi connectivity index (χ0v) is 11.7.